The van der Waals surface area contributed by atoms with Crippen LogP contribution in [0.5, 0.6) is 0 Å². The lowest BCUT2D eigenvalue weighted by Gasteiger charge is -2.31. The van der Waals surface area contributed by atoms with Gasteiger partial charge in [0.2, 0.25) is 5.91 Å². The normalized spacial score (nSPS) is 21.7. The molecule has 1 unspecified atom stereocenters. The second-order valence-electron chi connectivity index (χ2n) is 5.70. The SMILES string of the molecule is NC(=O)C1CN(C(=O)c2ccc3c(c2)CCCC3)CCO1. The van der Waals surface area contributed by atoms with E-state index in [9.17, 15) is 9.59 Å². The van der Waals surface area contributed by atoms with Crippen molar-refractivity contribution in [2.75, 3.05) is 19.7 Å². The van der Waals surface area contributed by atoms with Crippen molar-refractivity contribution < 1.29 is 14.3 Å². The Morgan fingerprint density at radius 1 is 1.19 bits per heavy atom. The van der Waals surface area contributed by atoms with Crippen molar-refractivity contribution in [3.63, 3.8) is 0 Å². The maximum atomic E-state index is 12.6. The molecular formula is C16H20N2O3. The molecule has 1 fully saturated rings. The Balaban J connectivity index is 1.77. The molecule has 2 aliphatic rings. The van der Waals surface area contributed by atoms with Gasteiger partial charge in [-0.05, 0) is 48.9 Å². The van der Waals surface area contributed by atoms with Gasteiger partial charge in [-0.1, -0.05) is 6.07 Å². The Morgan fingerprint density at radius 3 is 2.71 bits per heavy atom. The van der Waals surface area contributed by atoms with E-state index in [4.69, 9.17) is 10.5 Å². The number of primary amides is 1. The first-order valence-electron chi connectivity index (χ1n) is 7.47. The van der Waals surface area contributed by atoms with E-state index in [1.807, 2.05) is 12.1 Å². The van der Waals surface area contributed by atoms with Crippen LogP contribution in [0.2, 0.25) is 0 Å². The first-order valence-corrected chi connectivity index (χ1v) is 7.47. The number of fused-ring (bicyclic) bond motifs is 1. The van der Waals surface area contributed by atoms with Crippen molar-refractivity contribution in [2.45, 2.75) is 31.8 Å². The third-order valence-electron chi connectivity index (χ3n) is 4.27. The first kappa shape index (κ1) is 14.1. The number of aryl methyl sites for hydroxylation is 2. The molecular weight excluding hydrogens is 268 g/mol. The molecule has 3 rings (SSSR count). The molecule has 1 aromatic carbocycles. The van der Waals surface area contributed by atoms with Crippen molar-refractivity contribution in [2.24, 2.45) is 5.73 Å². The van der Waals surface area contributed by atoms with Crippen molar-refractivity contribution in [3.05, 3.63) is 34.9 Å². The number of morpholine rings is 1. The summed E-state index contributed by atoms with van der Waals surface area (Å²) >= 11 is 0. The number of hydrogen-bond acceptors (Lipinski definition) is 3. The first-order chi connectivity index (χ1) is 10.1. The summed E-state index contributed by atoms with van der Waals surface area (Å²) < 4.78 is 5.28. The number of nitrogens with zero attached hydrogens (tertiary/aromatic N) is 1. The summed E-state index contributed by atoms with van der Waals surface area (Å²) in [6, 6.07) is 5.96. The van der Waals surface area contributed by atoms with Gasteiger partial charge in [0.05, 0.1) is 13.2 Å². The van der Waals surface area contributed by atoms with Crippen LogP contribution in [0, 0.1) is 0 Å². The highest BCUT2D eigenvalue weighted by Gasteiger charge is 2.28. The van der Waals surface area contributed by atoms with Gasteiger partial charge in [-0.2, -0.15) is 0 Å². The summed E-state index contributed by atoms with van der Waals surface area (Å²) in [6.45, 7) is 1.09. The van der Waals surface area contributed by atoms with Crippen LogP contribution in [0.1, 0.15) is 34.3 Å². The Kier molecular flexibility index (Phi) is 3.92. The third kappa shape index (κ3) is 2.93. The number of benzene rings is 1. The molecule has 1 aliphatic carbocycles. The molecule has 0 aromatic heterocycles. The largest absolute Gasteiger partial charge is 0.367 e. The van der Waals surface area contributed by atoms with Gasteiger partial charge in [-0.25, -0.2) is 0 Å². The number of amides is 2. The van der Waals surface area contributed by atoms with E-state index in [2.05, 4.69) is 6.07 Å². The Morgan fingerprint density at radius 2 is 1.95 bits per heavy atom. The van der Waals surface area contributed by atoms with E-state index >= 15 is 0 Å². The van der Waals surface area contributed by atoms with Gasteiger partial charge in [0.1, 0.15) is 0 Å². The summed E-state index contributed by atoms with van der Waals surface area (Å²) in [6.07, 6.45) is 3.87. The minimum atomic E-state index is -0.694. The Labute approximate surface area is 124 Å². The maximum absolute atomic E-state index is 12.6. The predicted molar refractivity (Wildman–Crippen MR) is 77.9 cm³/mol. The fourth-order valence-corrected chi connectivity index (χ4v) is 3.05. The number of hydrogen-bond donors (Lipinski definition) is 1. The molecule has 0 saturated carbocycles. The van der Waals surface area contributed by atoms with E-state index in [0.717, 1.165) is 12.8 Å². The van der Waals surface area contributed by atoms with Gasteiger partial charge in [0.25, 0.3) is 5.91 Å². The Bertz CT molecular complexity index is 571. The van der Waals surface area contributed by atoms with Gasteiger partial charge in [-0.15, -0.1) is 0 Å². The van der Waals surface area contributed by atoms with E-state index in [1.54, 1.807) is 4.90 Å². The van der Waals surface area contributed by atoms with Crippen LogP contribution < -0.4 is 5.73 Å². The molecule has 0 radical (unpaired) electrons. The summed E-state index contributed by atoms with van der Waals surface area (Å²) in [5.74, 6) is -0.559. The smallest absolute Gasteiger partial charge is 0.254 e. The molecule has 5 nitrogen and oxygen atoms in total. The average molecular weight is 288 g/mol. The lowest BCUT2D eigenvalue weighted by molar-refractivity contribution is -0.133. The van der Waals surface area contributed by atoms with Crippen LogP contribution in [0.15, 0.2) is 18.2 Å². The molecule has 112 valence electrons. The van der Waals surface area contributed by atoms with Gasteiger partial charge in [0, 0.05) is 12.1 Å². The second-order valence-corrected chi connectivity index (χ2v) is 5.70. The highest BCUT2D eigenvalue weighted by molar-refractivity contribution is 5.95. The zero-order valence-electron chi connectivity index (χ0n) is 12.0. The molecule has 21 heavy (non-hydrogen) atoms. The van der Waals surface area contributed by atoms with E-state index in [1.165, 1.54) is 24.0 Å². The van der Waals surface area contributed by atoms with Crippen LogP contribution in [0.4, 0.5) is 0 Å². The van der Waals surface area contributed by atoms with Crippen LogP contribution >= 0.6 is 0 Å². The molecule has 5 heteroatoms. The molecule has 1 aliphatic heterocycles. The summed E-state index contributed by atoms with van der Waals surface area (Å²) in [4.78, 5) is 25.4. The zero-order valence-corrected chi connectivity index (χ0v) is 12.0. The zero-order chi connectivity index (χ0) is 14.8. The molecule has 1 aromatic rings. The summed E-state index contributed by atoms with van der Waals surface area (Å²) in [5, 5.41) is 0. The van der Waals surface area contributed by atoms with Crippen LogP contribution in [0.25, 0.3) is 0 Å². The molecule has 2 N–H and O–H groups in total. The van der Waals surface area contributed by atoms with Crippen molar-refractivity contribution in [1.29, 1.82) is 0 Å². The van der Waals surface area contributed by atoms with E-state index < -0.39 is 12.0 Å². The van der Waals surface area contributed by atoms with Crippen LogP contribution in [0.3, 0.4) is 0 Å². The van der Waals surface area contributed by atoms with Crippen molar-refractivity contribution in [3.8, 4) is 0 Å². The number of rotatable bonds is 2. The fraction of sp³-hybridized carbons (Fsp3) is 0.500. The van der Waals surface area contributed by atoms with Crippen molar-refractivity contribution in [1.82, 2.24) is 4.90 Å². The molecule has 1 atom stereocenters. The highest BCUT2D eigenvalue weighted by atomic mass is 16.5. The number of carbonyl (C=O) groups excluding carboxylic acids is 2. The van der Waals surface area contributed by atoms with E-state index in [0.29, 0.717) is 18.7 Å². The maximum Gasteiger partial charge on any atom is 0.254 e. The van der Waals surface area contributed by atoms with Gasteiger partial charge in [0.15, 0.2) is 6.10 Å². The minimum absolute atomic E-state index is 0.0436. The topological polar surface area (TPSA) is 72.6 Å². The number of ether oxygens (including phenoxy) is 1. The quantitative estimate of drug-likeness (QED) is 0.878. The van der Waals surface area contributed by atoms with Crippen LogP contribution in [-0.2, 0) is 22.4 Å². The molecule has 1 saturated heterocycles. The molecule has 0 spiro atoms. The average Bonchev–Trinajstić information content (AvgIpc) is 2.53. The summed E-state index contributed by atoms with van der Waals surface area (Å²) in [5.41, 5.74) is 8.59. The summed E-state index contributed by atoms with van der Waals surface area (Å²) in [7, 11) is 0. The lowest BCUT2D eigenvalue weighted by atomic mass is 9.90. The molecule has 2 amide bonds. The monoisotopic (exact) mass is 288 g/mol. The second kappa shape index (κ2) is 5.85. The van der Waals surface area contributed by atoms with Gasteiger partial charge < -0.3 is 15.4 Å². The molecule has 1 heterocycles. The van der Waals surface area contributed by atoms with E-state index in [-0.39, 0.29) is 12.5 Å². The van der Waals surface area contributed by atoms with Crippen LogP contribution in [-0.4, -0.2) is 42.5 Å². The number of carbonyl (C=O) groups is 2. The fourth-order valence-electron chi connectivity index (χ4n) is 3.05. The highest BCUT2D eigenvalue weighted by Crippen LogP contribution is 2.23. The number of nitrogens with two attached hydrogens (primary N) is 1. The van der Waals surface area contributed by atoms with Crippen molar-refractivity contribution >= 4 is 11.8 Å². The Hall–Kier alpha value is -1.88. The third-order valence-corrected chi connectivity index (χ3v) is 4.27. The standard InChI is InChI=1S/C16H20N2O3/c17-15(19)14-10-18(7-8-21-14)16(20)13-6-5-11-3-1-2-4-12(11)9-13/h5-6,9,14H,1-4,7-8,10H2,(H2,17,19). The van der Waals surface area contributed by atoms with Gasteiger partial charge >= 0.3 is 0 Å². The van der Waals surface area contributed by atoms with Gasteiger partial charge in [-0.3, -0.25) is 9.59 Å². The minimum Gasteiger partial charge on any atom is -0.367 e. The lowest BCUT2D eigenvalue weighted by Crippen LogP contribution is -2.50. The predicted octanol–water partition coefficient (Wildman–Crippen LogP) is 0.892. The molecule has 0 bridgehead atoms.